The Hall–Kier alpha value is -3.32. The van der Waals surface area contributed by atoms with Gasteiger partial charge in [0.2, 0.25) is 0 Å². The average Bonchev–Trinajstić information content (AvgIpc) is 2.83. The molecular formula is C25H25FN2O3S. The summed E-state index contributed by atoms with van der Waals surface area (Å²) in [5, 5.41) is 3.94. The highest BCUT2D eigenvalue weighted by Crippen LogP contribution is 2.38. The summed E-state index contributed by atoms with van der Waals surface area (Å²) in [4.78, 5) is 2.13. The van der Waals surface area contributed by atoms with E-state index in [1.165, 1.54) is 12.1 Å². The lowest BCUT2D eigenvalue weighted by Crippen LogP contribution is -2.44. The molecule has 7 heteroatoms. The third-order valence-electron chi connectivity index (χ3n) is 5.51. The van der Waals surface area contributed by atoms with Crippen molar-refractivity contribution in [3.8, 4) is 17.2 Å². The van der Waals surface area contributed by atoms with Crippen LogP contribution in [0, 0.1) is 5.82 Å². The molecule has 32 heavy (non-hydrogen) atoms. The number of rotatable bonds is 6. The van der Waals surface area contributed by atoms with Crippen LogP contribution in [-0.2, 0) is 6.42 Å². The molecule has 4 rings (SSSR count). The summed E-state index contributed by atoms with van der Waals surface area (Å²) in [6.07, 6.45) is 0.805. The number of halogens is 1. The molecule has 0 spiro atoms. The summed E-state index contributed by atoms with van der Waals surface area (Å²) < 4.78 is 30.4. The van der Waals surface area contributed by atoms with Crippen molar-refractivity contribution >= 4 is 23.0 Å². The molecule has 0 bridgehead atoms. The van der Waals surface area contributed by atoms with Crippen LogP contribution in [0.25, 0.3) is 0 Å². The number of ether oxygens (including phenoxy) is 3. The van der Waals surface area contributed by atoms with Gasteiger partial charge in [0.25, 0.3) is 0 Å². The lowest BCUT2D eigenvalue weighted by molar-refractivity contribution is 0.190. The predicted octanol–water partition coefficient (Wildman–Crippen LogP) is 5.22. The Labute approximate surface area is 192 Å². The van der Waals surface area contributed by atoms with Gasteiger partial charge in [0.1, 0.15) is 18.2 Å². The highest BCUT2D eigenvalue weighted by Gasteiger charge is 2.31. The van der Waals surface area contributed by atoms with Crippen molar-refractivity contribution in [2.75, 3.05) is 32.7 Å². The van der Waals surface area contributed by atoms with E-state index in [-0.39, 0.29) is 11.9 Å². The van der Waals surface area contributed by atoms with Crippen LogP contribution in [-0.4, -0.2) is 37.4 Å². The molecule has 0 unspecified atom stereocenters. The zero-order chi connectivity index (χ0) is 22.5. The van der Waals surface area contributed by atoms with Crippen molar-refractivity contribution in [2.24, 2.45) is 0 Å². The first-order valence-electron chi connectivity index (χ1n) is 10.3. The van der Waals surface area contributed by atoms with Gasteiger partial charge in [-0.1, -0.05) is 18.2 Å². The topological polar surface area (TPSA) is 43.0 Å². The Bertz CT molecular complexity index is 1080. The van der Waals surface area contributed by atoms with Gasteiger partial charge in [-0.05, 0) is 78.3 Å². The summed E-state index contributed by atoms with van der Waals surface area (Å²) in [6, 6.07) is 19.7. The molecule has 1 N–H and O–H groups in total. The Morgan fingerprint density at radius 2 is 1.72 bits per heavy atom. The Morgan fingerprint density at radius 3 is 2.41 bits per heavy atom. The Morgan fingerprint density at radius 1 is 1.03 bits per heavy atom. The third kappa shape index (κ3) is 4.78. The van der Waals surface area contributed by atoms with Crippen LogP contribution < -0.4 is 19.5 Å². The molecule has 0 aliphatic carbocycles. The molecule has 3 aromatic carbocycles. The molecule has 0 saturated carbocycles. The first-order chi connectivity index (χ1) is 15.6. The number of fused-ring (bicyclic) bond motifs is 1. The maximum Gasteiger partial charge on any atom is 0.174 e. The second kappa shape index (κ2) is 9.87. The molecule has 1 aliphatic heterocycles. The number of thiocarbonyl (C=S) groups is 1. The number of para-hydroxylation sites is 1. The lowest BCUT2D eigenvalue weighted by Gasteiger charge is -2.39. The quantitative estimate of drug-likeness (QED) is 0.518. The van der Waals surface area contributed by atoms with Crippen LogP contribution in [0.1, 0.15) is 17.2 Å². The van der Waals surface area contributed by atoms with E-state index in [9.17, 15) is 4.39 Å². The maximum absolute atomic E-state index is 13.3. The van der Waals surface area contributed by atoms with E-state index in [4.69, 9.17) is 26.4 Å². The highest BCUT2D eigenvalue weighted by atomic mass is 32.1. The first kappa shape index (κ1) is 21.9. The van der Waals surface area contributed by atoms with E-state index in [0.717, 1.165) is 29.8 Å². The molecule has 1 heterocycles. The van der Waals surface area contributed by atoms with E-state index in [0.29, 0.717) is 29.0 Å². The Balaban J connectivity index is 1.64. The minimum atomic E-state index is -0.299. The van der Waals surface area contributed by atoms with E-state index < -0.39 is 0 Å². The van der Waals surface area contributed by atoms with Gasteiger partial charge in [-0.25, -0.2) is 4.39 Å². The number of benzene rings is 3. The third-order valence-corrected chi connectivity index (χ3v) is 5.85. The van der Waals surface area contributed by atoms with Gasteiger partial charge in [-0.15, -0.1) is 0 Å². The fourth-order valence-electron chi connectivity index (χ4n) is 3.87. The number of hydrogen-bond acceptors (Lipinski definition) is 4. The molecule has 0 aromatic heterocycles. The standard InChI is InChI=1S/C25H25FN2O3S/c1-29-23-14-17-12-13-28(25(32)27-19-6-4-3-5-7-19)22(21(17)15-24(23)30-2)16-31-20-10-8-18(26)9-11-20/h3-11,14-15,22H,12-13,16H2,1-2H3,(H,27,32)/t22-/m0/s1. The van der Waals surface area contributed by atoms with Crippen molar-refractivity contribution in [2.45, 2.75) is 12.5 Å². The number of nitrogens with one attached hydrogen (secondary N) is 1. The van der Waals surface area contributed by atoms with Gasteiger partial charge in [0, 0.05) is 12.2 Å². The van der Waals surface area contributed by atoms with E-state index >= 15 is 0 Å². The molecular weight excluding hydrogens is 427 g/mol. The molecule has 0 radical (unpaired) electrons. The number of hydrogen-bond donors (Lipinski definition) is 1. The van der Waals surface area contributed by atoms with Gasteiger partial charge < -0.3 is 24.4 Å². The molecule has 0 fully saturated rings. The monoisotopic (exact) mass is 452 g/mol. The van der Waals surface area contributed by atoms with Gasteiger partial charge in [0.15, 0.2) is 16.6 Å². The molecule has 5 nitrogen and oxygen atoms in total. The van der Waals surface area contributed by atoms with Crippen molar-refractivity contribution in [1.82, 2.24) is 4.90 Å². The summed E-state index contributed by atoms with van der Waals surface area (Å²) >= 11 is 5.77. The van der Waals surface area contributed by atoms with Gasteiger partial charge >= 0.3 is 0 Å². The molecule has 166 valence electrons. The van der Waals surface area contributed by atoms with Gasteiger partial charge in [-0.2, -0.15) is 0 Å². The lowest BCUT2D eigenvalue weighted by atomic mass is 9.92. The number of nitrogens with zero attached hydrogens (tertiary/aromatic N) is 1. The summed E-state index contributed by atoms with van der Waals surface area (Å²) in [5.41, 5.74) is 3.15. The zero-order valence-corrected chi connectivity index (χ0v) is 18.8. The SMILES string of the molecule is COc1cc2c(cc1OC)[C@H](COc1ccc(F)cc1)N(C(=S)Nc1ccccc1)CC2. The smallest absolute Gasteiger partial charge is 0.174 e. The van der Waals surface area contributed by atoms with Crippen LogP contribution in [0.15, 0.2) is 66.7 Å². The second-order valence-corrected chi connectivity index (χ2v) is 7.81. The molecule has 1 aliphatic rings. The highest BCUT2D eigenvalue weighted by molar-refractivity contribution is 7.80. The van der Waals surface area contributed by atoms with E-state index in [1.54, 1.807) is 26.4 Å². The number of anilines is 1. The van der Waals surface area contributed by atoms with Crippen molar-refractivity contribution < 1.29 is 18.6 Å². The van der Waals surface area contributed by atoms with Crippen molar-refractivity contribution in [3.05, 3.63) is 83.7 Å². The largest absolute Gasteiger partial charge is 0.493 e. The minimum absolute atomic E-state index is 0.160. The molecule has 3 aromatic rings. The molecule has 0 saturated heterocycles. The average molecular weight is 453 g/mol. The molecule has 0 amide bonds. The zero-order valence-electron chi connectivity index (χ0n) is 18.0. The predicted molar refractivity (Wildman–Crippen MR) is 127 cm³/mol. The van der Waals surface area contributed by atoms with Crippen molar-refractivity contribution in [1.29, 1.82) is 0 Å². The fourth-order valence-corrected chi connectivity index (χ4v) is 4.21. The van der Waals surface area contributed by atoms with E-state index in [1.807, 2.05) is 42.5 Å². The van der Waals surface area contributed by atoms with Gasteiger partial charge in [0.05, 0.1) is 20.3 Å². The van der Waals surface area contributed by atoms with Crippen molar-refractivity contribution in [3.63, 3.8) is 0 Å². The van der Waals surface area contributed by atoms with Crippen LogP contribution >= 0.6 is 12.2 Å². The number of methoxy groups -OCH3 is 2. The molecule has 1 atom stereocenters. The summed E-state index contributed by atoms with van der Waals surface area (Å²) in [5.74, 6) is 1.65. The summed E-state index contributed by atoms with van der Waals surface area (Å²) in [6.45, 7) is 1.06. The van der Waals surface area contributed by atoms with Crippen LogP contribution in [0.4, 0.5) is 10.1 Å². The first-order valence-corrected chi connectivity index (χ1v) is 10.8. The van der Waals surface area contributed by atoms with E-state index in [2.05, 4.69) is 10.2 Å². The maximum atomic E-state index is 13.3. The fraction of sp³-hybridized carbons (Fsp3) is 0.240. The van der Waals surface area contributed by atoms with Crippen LogP contribution in [0.2, 0.25) is 0 Å². The van der Waals surface area contributed by atoms with Gasteiger partial charge in [-0.3, -0.25) is 0 Å². The Kier molecular flexibility index (Phi) is 6.75. The minimum Gasteiger partial charge on any atom is -0.493 e. The van der Waals surface area contributed by atoms with Crippen LogP contribution in [0.5, 0.6) is 17.2 Å². The normalized spacial score (nSPS) is 15.0. The van der Waals surface area contributed by atoms with Crippen LogP contribution in [0.3, 0.4) is 0 Å². The second-order valence-electron chi connectivity index (χ2n) is 7.43. The summed E-state index contributed by atoms with van der Waals surface area (Å²) in [7, 11) is 3.25.